The van der Waals surface area contributed by atoms with Gasteiger partial charge in [0.1, 0.15) is 11.8 Å². The highest BCUT2D eigenvalue weighted by atomic mass is 16.3. The van der Waals surface area contributed by atoms with Crippen LogP contribution in [0.25, 0.3) is 10.4 Å². The van der Waals surface area contributed by atoms with Crippen molar-refractivity contribution in [3.63, 3.8) is 0 Å². The van der Waals surface area contributed by atoms with Crippen LogP contribution in [0.5, 0.6) is 0 Å². The van der Waals surface area contributed by atoms with Crippen molar-refractivity contribution in [2.24, 2.45) is 5.11 Å². The molecule has 7 nitrogen and oxygen atoms in total. The largest absolute Gasteiger partial charge is 0.390 e. The number of azide groups is 1. The van der Waals surface area contributed by atoms with E-state index in [1.807, 2.05) is 0 Å². The maximum absolute atomic E-state index is 11.0. The Bertz CT molecular complexity index is 454. The highest BCUT2D eigenvalue weighted by molar-refractivity contribution is 5.91. The van der Waals surface area contributed by atoms with Crippen molar-refractivity contribution in [1.82, 2.24) is 4.98 Å². The molecule has 0 amide bonds. The Balaban J connectivity index is 2.68. The van der Waals surface area contributed by atoms with Crippen LogP contribution in [0.4, 0.5) is 0 Å². The second kappa shape index (κ2) is 6.70. The van der Waals surface area contributed by atoms with E-state index in [4.69, 9.17) is 5.53 Å². The van der Waals surface area contributed by atoms with E-state index in [9.17, 15) is 15.0 Å². The molecule has 1 heterocycles. The molecular weight excluding hydrogens is 236 g/mol. The first kappa shape index (κ1) is 14.1. The lowest BCUT2D eigenvalue weighted by Gasteiger charge is -2.17. The van der Waals surface area contributed by atoms with Crippen LogP contribution < -0.4 is 0 Å². The van der Waals surface area contributed by atoms with Crippen molar-refractivity contribution >= 4 is 5.78 Å². The number of rotatable bonds is 6. The summed E-state index contributed by atoms with van der Waals surface area (Å²) in [4.78, 5) is 17.4. The number of aliphatic hydroxyl groups is 2. The summed E-state index contributed by atoms with van der Waals surface area (Å²) >= 11 is 0. The van der Waals surface area contributed by atoms with Crippen molar-refractivity contribution in [1.29, 1.82) is 0 Å². The molecule has 1 aromatic heterocycles. The minimum absolute atomic E-state index is 0.105. The van der Waals surface area contributed by atoms with Gasteiger partial charge in [-0.25, -0.2) is 0 Å². The summed E-state index contributed by atoms with van der Waals surface area (Å²) in [5.41, 5.74) is 8.80. The summed E-state index contributed by atoms with van der Waals surface area (Å²) in [7, 11) is 0. The fourth-order valence-electron chi connectivity index (χ4n) is 1.40. The number of pyridine rings is 1. The van der Waals surface area contributed by atoms with E-state index in [0.717, 1.165) is 0 Å². The zero-order valence-electron chi connectivity index (χ0n) is 9.89. The van der Waals surface area contributed by atoms with Crippen LogP contribution in [-0.4, -0.2) is 33.6 Å². The second-order valence-electron chi connectivity index (χ2n) is 3.79. The number of carbonyl (C=O) groups is 1. The van der Waals surface area contributed by atoms with Gasteiger partial charge in [0.15, 0.2) is 5.78 Å². The molecule has 0 bridgehead atoms. The van der Waals surface area contributed by atoms with Crippen LogP contribution in [0, 0.1) is 0 Å². The highest BCUT2D eigenvalue weighted by Crippen LogP contribution is 2.18. The third kappa shape index (κ3) is 3.81. The van der Waals surface area contributed by atoms with Gasteiger partial charge in [0.05, 0.1) is 6.10 Å². The lowest BCUT2D eigenvalue weighted by atomic mass is 10.0. The number of aliphatic hydroxyl groups excluding tert-OH is 2. The third-order valence-electron chi connectivity index (χ3n) is 2.44. The first-order valence-electron chi connectivity index (χ1n) is 5.40. The first-order valence-corrected chi connectivity index (χ1v) is 5.40. The molecule has 1 aromatic rings. The van der Waals surface area contributed by atoms with E-state index in [0.29, 0.717) is 11.3 Å². The molecule has 0 aliphatic carbocycles. The van der Waals surface area contributed by atoms with E-state index in [1.54, 1.807) is 0 Å². The van der Waals surface area contributed by atoms with Gasteiger partial charge in [-0.3, -0.25) is 9.78 Å². The molecule has 18 heavy (non-hydrogen) atoms. The summed E-state index contributed by atoms with van der Waals surface area (Å²) in [5, 5.41) is 22.7. The minimum atomic E-state index is -1.12. The smallest absolute Gasteiger partial charge is 0.178 e. The van der Waals surface area contributed by atoms with E-state index in [-0.39, 0.29) is 18.7 Å². The minimum Gasteiger partial charge on any atom is -0.390 e. The molecule has 0 saturated carbocycles. The Morgan fingerprint density at radius 1 is 1.56 bits per heavy atom. The molecule has 0 radical (unpaired) electrons. The predicted octanol–water partition coefficient (Wildman–Crippen LogP) is 1.38. The molecule has 7 heteroatoms. The van der Waals surface area contributed by atoms with E-state index >= 15 is 0 Å². The summed E-state index contributed by atoms with van der Waals surface area (Å²) < 4.78 is 0. The Kier molecular flexibility index (Phi) is 5.26. The van der Waals surface area contributed by atoms with Gasteiger partial charge in [-0.15, -0.1) is 0 Å². The summed E-state index contributed by atoms with van der Waals surface area (Å²) in [5.74, 6) is -0.167. The number of Topliss-reactive ketones (excluding diaryl/α,β-unsaturated/α-hetero) is 1. The lowest BCUT2D eigenvalue weighted by molar-refractivity contribution is 0.0148. The Morgan fingerprint density at radius 2 is 2.28 bits per heavy atom. The number of ketones is 1. The number of aromatic nitrogens is 1. The van der Waals surface area contributed by atoms with E-state index < -0.39 is 12.2 Å². The molecule has 0 aliphatic heterocycles. The van der Waals surface area contributed by atoms with Crippen molar-refractivity contribution < 1.29 is 15.0 Å². The quantitative estimate of drug-likeness (QED) is 0.343. The monoisotopic (exact) mass is 250 g/mol. The summed E-state index contributed by atoms with van der Waals surface area (Å²) in [6.07, 6.45) is -0.661. The third-order valence-corrected chi connectivity index (χ3v) is 2.44. The average molecular weight is 250 g/mol. The number of hydrogen-bond acceptors (Lipinski definition) is 5. The molecule has 96 valence electrons. The SMILES string of the molecule is CC(=O)c1ccc(C(O)C(O)CCN=[N+]=[N-])cn1. The van der Waals surface area contributed by atoms with Crippen LogP contribution in [-0.2, 0) is 0 Å². The van der Waals surface area contributed by atoms with Gasteiger partial charge in [-0.1, -0.05) is 11.2 Å². The summed E-state index contributed by atoms with van der Waals surface area (Å²) in [6.45, 7) is 1.50. The van der Waals surface area contributed by atoms with Crippen LogP contribution in [0.15, 0.2) is 23.4 Å². The zero-order chi connectivity index (χ0) is 13.5. The molecule has 0 spiro atoms. The summed E-state index contributed by atoms with van der Waals surface area (Å²) in [6, 6.07) is 3.02. The standard InChI is InChI=1S/C11H14N4O3/c1-7(16)9-3-2-8(6-13-9)11(18)10(17)4-5-14-15-12/h2-3,6,10-11,17-18H,4-5H2,1H3. The van der Waals surface area contributed by atoms with Gasteiger partial charge >= 0.3 is 0 Å². The van der Waals surface area contributed by atoms with Gasteiger partial charge in [0.2, 0.25) is 0 Å². The van der Waals surface area contributed by atoms with Crippen LogP contribution in [0.1, 0.15) is 35.5 Å². The van der Waals surface area contributed by atoms with Crippen molar-refractivity contribution in [3.05, 3.63) is 40.0 Å². The topological polar surface area (TPSA) is 119 Å². The van der Waals surface area contributed by atoms with Crippen LogP contribution in [0.2, 0.25) is 0 Å². The van der Waals surface area contributed by atoms with Crippen molar-refractivity contribution in [2.45, 2.75) is 25.6 Å². The van der Waals surface area contributed by atoms with Crippen LogP contribution in [0.3, 0.4) is 0 Å². The van der Waals surface area contributed by atoms with Crippen LogP contribution >= 0.6 is 0 Å². The fraction of sp³-hybridized carbons (Fsp3) is 0.455. The van der Waals surface area contributed by atoms with Crippen molar-refractivity contribution in [2.75, 3.05) is 6.54 Å². The normalized spacial score (nSPS) is 13.5. The van der Waals surface area contributed by atoms with Gasteiger partial charge < -0.3 is 10.2 Å². The highest BCUT2D eigenvalue weighted by Gasteiger charge is 2.18. The molecule has 2 unspecified atom stereocenters. The van der Waals surface area contributed by atoms with Gasteiger partial charge in [0, 0.05) is 30.1 Å². The van der Waals surface area contributed by atoms with Gasteiger partial charge in [-0.05, 0) is 18.0 Å². The average Bonchev–Trinajstić information content (AvgIpc) is 2.38. The van der Waals surface area contributed by atoms with Gasteiger partial charge in [0.25, 0.3) is 0 Å². The fourth-order valence-corrected chi connectivity index (χ4v) is 1.40. The maximum atomic E-state index is 11.0. The lowest BCUT2D eigenvalue weighted by Crippen LogP contribution is -2.19. The Hall–Kier alpha value is -1.95. The number of carbonyl (C=O) groups excluding carboxylic acids is 1. The predicted molar refractivity (Wildman–Crippen MR) is 63.8 cm³/mol. The van der Waals surface area contributed by atoms with Crippen molar-refractivity contribution in [3.8, 4) is 0 Å². The second-order valence-corrected chi connectivity index (χ2v) is 3.79. The van der Waals surface area contributed by atoms with E-state index in [2.05, 4.69) is 15.0 Å². The zero-order valence-corrected chi connectivity index (χ0v) is 9.89. The first-order chi connectivity index (χ1) is 8.56. The molecule has 1 rings (SSSR count). The number of hydrogen-bond donors (Lipinski definition) is 2. The Labute approximate surface area is 104 Å². The molecule has 2 N–H and O–H groups in total. The van der Waals surface area contributed by atoms with E-state index in [1.165, 1.54) is 25.3 Å². The Morgan fingerprint density at radius 3 is 2.78 bits per heavy atom. The molecule has 0 saturated heterocycles. The molecule has 0 aromatic carbocycles. The maximum Gasteiger partial charge on any atom is 0.178 e. The molecular formula is C11H14N4O3. The van der Waals surface area contributed by atoms with Gasteiger partial charge in [-0.2, -0.15) is 0 Å². The molecule has 0 aliphatic rings. The number of nitrogens with zero attached hydrogens (tertiary/aromatic N) is 4. The molecule has 2 atom stereocenters. The molecule has 0 fully saturated rings.